The molecule has 1 fully saturated rings. The number of hydrogen-bond acceptors (Lipinski definition) is 4. The molecule has 1 atom stereocenters. The van der Waals surface area contributed by atoms with Gasteiger partial charge in [-0.2, -0.15) is 5.10 Å². The second-order valence-corrected chi connectivity index (χ2v) is 4.88. The van der Waals surface area contributed by atoms with Crippen molar-refractivity contribution in [2.45, 2.75) is 38.8 Å². The smallest absolute Gasteiger partial charge is 0.145 e. The molecule has 5 nitrogen and oxygen atoms in total. The SMILES string of the molecule is CCOC1CCCN(CCCn2ccc(N)n2)C1. The number of likely N-dealkylation sites (tertiary alicyclic amines) is 1. The fourth-order valence-corrected chi connectivity index (χ4v) is 2.55. The Balaban J connectivity index is 1.66. The molecule has 1 unspecified atom stereocenters. The van der Waals surface area contributed by atoms with E-state index in [9.17, 15) is 0 Å². The zero-order valence-electron chi connectivity index (χ0n) is 11.2. The highest BCUT2D eigenvalue weighted by Gasteiger charge is 2.19. The molecule has 1 aromatic heterocycles. The zero-order chi connectivity index (χ0) is 12.8. The lowest BCUT2D eigenvalue weighted by Gasteiger charge is -2.32. The number of anilines is 1. The van der Waals surface area contributed by atoms with Gasteiger partial charge in [0.05, 0.1) is 6.10 Å². The highest BCUT2D eigenvalue weighted by atomic mass is 16.5. The Hall–Kier alpha value is -1.07. The maximum atomic E-state index is 5.71. The van der Waals surface area contributed by atoms with Crippen LogP contribution < -0.4 is 5.73 Å². The molecule has 2 rings (SSSR count). The van der Waals surface area contributed by atoms with Crippen LogP contribution in [0.1, 0.15) is 26.2 Å². The highest BCUT2D eigenvalue weighted by molar-refractivity contribution is 5.23. The molecule has 1 aromatic rings. The van der Waals surface area contributed by atoms with Crippen molar-refractivity contribution >= 4 is 5.82 Å². The van der Waals surface area contributed by atoms with E-state index in [1.165, 1.54) is 19.4 Å². The largest absolute Gasteiger partial charge is 0.382 e. The minimum absolute atomic E-state index is 0.434. The van der Waals surface area contributed by atoms with Crippen LogP contribution in [0.25, 0.3) is 0 Å². The number of ether oxygens (including phenoxy) is 1. The van der Waals surface area contributed by atoms with Crippen LogP contribution in [0.4, 0.5) is 5.82 Å². The van der Waals surface area contributed by atoms with E-state index in [0.717, 1.165) is 32.7 Å². The molecule has 0 radical (unpaired) electrons. The first kappa shape index (κ1) is 13.4. The van der Waals surface area contributed by atoms with E-state index < -0.39 is 0 Å². The molecule has 0 amide bonds. The van der Waals surface area contributed by atoms with Gasteiger partial charge in [-0.15, -0.1) is 0 Å². The molecule has 5 heteroatoms. The predicted molar refractivity (Wildman–Crippen MR) is 72.3 cm³/mol. The number of nitrogens with zero attached hydrogens (tertiary/aromatic N) is 3. The van der Waals surface area contributed by atoms with Crippen LogP contribution in [-0.4, -0.2) is 47.0 Å². The van der Waals surface area contributed by atoms with Gasteiger partial charge in [0.2, 0.25) is 0 Å². The molecule has 1 saturated heterocycles. The third kappa shape index (κ3) is 3.99. The molecule has 0 bridgehead atoms. The van der Waals surface area contributed by atoms with Gasteiger partial charge in [-0.3, -0.25) is 4.68 Å². The lowest BCUT2D eigenvalue weighted by molar-refractivity contribution is 0.00542. The van der Waals surface area contributed by atoms with Gasteiger partial charge in [-0.05, 0) is 45.3 Å². The van der Waals surface area contributed by atoms with Crippen LogP contribution in [0.5, 0.6) is 0 Å². The molecule has 0 spiro atoms. The van der Waals surface area contributed by atoms with Crippen molar-refractivity contribution in [2.75, 3.05) is 32.0 Å². The molecule has 1 aliphatic rings. The number of hydrogen-bond donors (Lipinski definition) is 1. The van der Waals surface area contributed by atoms with Crippen LogP contribution in [0.2, 0.25) is 0 Å². The average molecular weight is 252 g/mol. The van der Waals surface area contributed by atoms with Crippen molar-refractivity contribution in [3.63, 3.8) is 0 Å². The Morgan fingerprint density at radius 3 is 3.11 bits per heavy atom. The van der Waals surface area contributed by atoms with Gasteiger partial charge in [-0.1, -0.05) is 0 Å². The van der Waals surface area contributed by atoms with Crippen molar-refractivity contribution < 1.29 is 4.74 Å². The Morgan fingerprint density at radius 2 is 2.39 bits per heavy atom. The van der Waals surface area contributed by atoms with E-state index in [4.69, 9.17) is 10.5 Å². The normalized spacial score (nSPS) is 21.3. The number of nitrogen functional groups attached to an aromatic ring is 1. The lowest BCUT2D eigenvalue weighted by Crippen LogP contribution is -2.40. The van der Waals surface area contributed by atoms with E-state index >= 15 is 0 Å². The summed E-state index contributed by atoms with van der Waals surface area (Å²) < 4.78 is 7.62. The highest BCUT2D eigenvalue weighted by Crippen LogP contribution is 2.13. The predicted octanol–water partition coefficient (Wildman–Crippen LogP) is 1.36. The summed E-state index contributed by atoms with van der Waals surface area (Å²) in [6.45, 7) is 7.22. The van der Waals surface area contributed by atoms with Gasteiger partial charge >= 0.3 is 0 Å². The van der Waals surface area contributed by atoms with E-state index in [1.54, 1.807) is 0 Å². The number of aromatic nitrogens is 2. The van der Waals surface area contributed by atoms with Gasteiger partial charge in [0.1, 0.15) is 5.82 Å². The molecule has 0 saturated carbocycles. The lowest BCUT2D eigenvalue weighted by atomic mass is 10.1. The maximum absolute atomic E-state index is 5.71. The molecule has 18 heavy (non-hydrogen) atoms. The van der Waals surface area contributed by atoms with Crippen LogP contribution in [0, 0.1) is 0 Å². The minimum Gasteiger partial charge on any atom is -0.382 e. The summed E-state index contributed by atoms with van der Waals surface area (Å²) >= 11 is 0. The second-order valence-electron chi connectivity index (χ2n) is 4.88. The minimum atomic E-state index is 0.434. The van der Waals surface area contributed by atoms with Crippen molar-refractivity contribution in [3.8, 4) is 0 Å². The Morgan fingerprint density at radius 1 is 1.50 bits per heavy atom. The van der Waals surface area contributed by atoms with E-state index in [2.05, 4.69) is 16.9 Å². The molecular formula is C13H24N4O. The van der Waals surface area contributed by atoms with Gasteiger partial charge in [0.25, 0.3) is 0 Å². The summed E-state index contributed by atoms with van der Waals surface area (Å²) in [5.41, 5.74) is 5.59. The van der Waals surface area contributed by atoms with Gasteiger partial charge in [-0.25, -0.2) is 0 Å². The summed E-state index contributed by atoms with van der Waals surface area (Å²) in [5, 5.41) is 4.19. The number of aryl methyl sites for hydroxylation is 1. The Labute approximate surface area is 109 Å². The first-order chi connectivity index (χ1) is 8.78. The van der Waals surface area contributed by atoms with Gasteiger partial charge in [0, 0.05) is 25.9 Å². The summed E-state index contributed by atoms with van der Waals surface area (Å²) in [7, 11) is 0. The summed E-state index contributed by atoms with van der Waals surface area (Å²) in [4.78, 5) is 2.50. The van der Waals surface area contributed by atoms with Crippen molar-refractivity contribution in [1.82, 2.24) is 14.7 Å². The molecule has 2 N–H and O–H groups in total. The van der Waals surface area contributed by atoms with Crippen molar-refractivity contribution in [2.24, 2.45) is 0 Å². The maximum Gasteiger partial charge on any atom is 0.145 e. The van der Waals surface area contributed by atoms with E-state index in [1.807, 2.05) is 16.9 Å². The second kappa shape index (κ2) is 6.75. The third-order valence-corrected chi connectivity index (χ3v) is 3.39. The quantitative estimate of drug-likeness (QED) is 0.830. The first-order valence-electron chi connectivity index (χ1n) is 6.91. The monoisotopic (exact) mass is 252 g/mol. The Bertz CT molecular complexity index is 351. The van der Waals surface area contributed by atoms with Gasteiger partial charge < -0.3 is 15.4 Å². The summed E-state index contributed by atoms with van der Waals surface area (Å²) in [6.07, 6.45) is 5.94. The summed E-state index contributed by atoms with van der Waals surface area (Å²) in [5.74, 6) is 0.601. The zero-order valence-corrected chi connectivity index (χ0v) is 11.2. The van der Waals surface area contributed by atoms with Crippen molar-refractivity contribution in [3.05, 3.63) is 12.3 Å². The molecule has 0 aliphatic carbocycles. The first-order valence-corrected chi connectivity index (χ1v) is 6.91. The topological polar surface area (TPSA) is 56.3 Å². The molecule has 102 valence electrons. The number of nitrogens with two attached hydrogens (primary N) is 1. The Kier molecular flexibility index (Phi) is 5.01. The fourth-order valence-electron chi connectivity index (χ4n) is 2.55. The molecular weight excluding hydrogens is 228 g/mol. The van der Waals surface area contributed by atoms with Gasteiger partial charge in [0.15, 0.2) is 0 Å². The van der Waals surface area contributed by atoms with Crippen LogP contribution in [-0.2, 0) is 11.3 Å². The number of rotatable bonds is 6. The standard InChI is InChI=1S/C13H24N4O/c1-2-18-12-5-3-7-16(11-12)8-4-9-17-10-6-13(14)15-17/h6,10,12H,2-5,7-9,11H2,1H3,(H2,14,15). The van der Waals surface area contributed by atoms with Crippen LogP contribution >= 0.6 is 0 Å². The van der Waals surface area contributed by atoms with E-state index in [-0.39, 0.29) is 0 Å². The van der Waals surface area contributed by atoms with Crippen LogP contribution in [0.15, 0.2) is 12.3 Å². The fraction of sp³-hybridized carbons (Fsp3) is 0.769. The third-order valence-electron chi connectivity index (χ3n) is 3.39. The summed E-state index contributed by atoms with van der Waals surface area (Å²) in [6, 6.07) is 1.84. The molecule has 1 aliphatic heterocycles. The molecule has 2 heterocycles. The number of piperidine rings is 1. The van der Waals surface area contributed by atoms with Crippen molar-refractivity contribution in [1.29, 1.82) is 0 Å². The molecule has 0 aromatic carbocycles. The van der Waals surface area contributed by atoms with E-state index in [0.29, 0.717) is 11.9 Å². The van der Waals surface area contributed by atoms with Crippen LogP contribution in [0.3, 0.4) is 0 Å². The average Bonchev–Trinajstić information content (AvgIpc) is 2.76.